The normalized spacial score (nSPS) is 18.2. The molecule has 35 heavy (non-hydrogen) atoms. The average molecular weight is 473 g/mol. The molecule has 0 spiro atoms. The summed E-state index contributed by atoms with van der Waals surface area (Å²) >= 11 is 0. The van der Waals surface area contributed by atoms with Crippen molar-refractivity contribution < 1.29 is 14.7 Å². The van der Waals surface area contributed by atoms with E-state index < -0.39 is 11.5 Å². The third-order valence-electron chi connectivity index (χ3n) is 7.11. The fourth-order valence-electron chi connectivity index (χ4n) is 5.53. The molecule has 3 heterocycles. The molecule has 1 saturated heterocycles. The monoisotopic (exact) mass is 472 g/mol. The fourth-order valence-corrected chi connectivity index (χ4v) is 5.53. The third-order valence-corrected chi connectivity index (χ3v) is 7.11. The number of urea groups is 1. The molecule has 2 aromatic carbocycles. The van der Waals surface area contributed by atoms with Crippen LogP contribution >= 0.6 is 0 Å². The molecule has 3 aromatic rings. The number of fused-ring (bicyclic) bond motifs is 3. The maximum absolute atomic E-state index is 13.6. The number of carbonyl (C=O) groups is 2. The lowest BCUT2D eigenvalue weighted by molar-refractivity contribution is 0.163. The maximum atomic E-state index is 13.6. The van der Waals surface area contributed by atoms with Crippen LogP contribution in [-0.4, -0.2) is 69.2 Å². The zero-order valence-corrected chi connectivity index (χ0v) is 20.4. The standard InChI is InChI=1S/C28H32N4O3/c1-28(2)20-31(16-13-24-25(28)22-11-6-7-12-23(22)32(24)27(34)35)26(33)30-15-8-14-29(17-18-30)19-21-9-4-3-5-10-21/h3-7,9-13,16H,8,14-15,17-20H2,1-2H3,(H,34,35). The molecule has 1 fully saturated rings. The second-order valence-electron chi connectivity index (χ2n) is 10.1. The van der Waals surface area contributed by atoms with Crippen molar-refractivity contribution in [2.45, 2.75) is 32.2 Å². The highest BCUT2D eigenvalue weighted by Gasteiger charge is 2.36. The van der Waals surface area contributed by atoms with Gasteiger partial charge in [-0.05, 0) is 29.7 Å². The van der Waals surface area contributed by atoms with E-state index in [9.17, 15) is 14.7 Å². The van der Waals surface area contributed by atoms with Gasteiger partial charge in [-0.15, -0.1) is 0 Å². The van der Waals surface area contributed by atoms with Crippen LogP contribution in [0.1, 0.15) is 37.1 Å². The summed E-state index contributed by atoms with van der Waals surface area (Å²) < 4.78 is 1.34. The van der Waals surface area contributed by atoms with Crippen molar-refractivity contribution >= 4 is 29.1 Å². The van der Waals surface area contributed by atoms with Crippen molar-refractivity contribution in [3.8, 4) is 0 Å². The van der Waals surface area contributed by atoms with Gasteiger partial charge in [-0.1, -0.05) is 62.4 Å². The molecule has 1 aromatic heterocycles. The summed E-state index contributed by atoms with van der Waals surface area (Å²) in [6.07, 6.45) is 3.46. The minimum Gasteiger partial charge on any atom is -0.464 e. The summed E-state index contributed by atoms with van der Waals surface area (Å²) in [5.41, 5.74) is 3.12. The van der Waals surface area contributed by atoms with E-state index in [1.54, 1.807) is 17.2 Å². The zero-order chi connectivity index (χ0) is 24.6. The molecule has 1 N–H and O–H groups in total. The largest absolute Gasteiger partial charge is 0.464 e. The number of nitrogens with zero attached hydrogens (tertiary/aromatic N) is 4. The van der Waals surface area contributed by atoms with E-state index in [-0.39, 0.29) is 6.03 Å². The van der Waals surface area contributed by atoms with Gasteiger partial charge < -0.3 is 14.9 Å². The number of carboxylic acid groups (broad SMARTS) is 1. The molecule has 182 valence electrons. The van der Waals surface area contributed by atoms with Crippen LogP contribution in [0, 0.1) is 0 Å². The number of hydrogen-bond acceptors (Lipinski definition) is 3. The van der Waals surface area contributed by atoms with E-state index in [1.807, 2.05) is 35.2 Å². The lowest BCUT2D eigenvalue weighted by atomic mass is 9.82. The number of aromatic nitrogens is 1. The third kappa shape index (κ3) is 4.44. The maximum Gasteiger partial charge on any atom is 0.416 e. The van der Waals surface area contributed by atoms with Gasteiger partial charge >= 0.3 is 12.1 Å². The van der Waals surface area contributed by atoms with Crippen LogP contribution in [0.4, 0.5) is 9.59 Å². The van der Waals surface area contributed by atoms with Crippen LogP contribution in [0.3, 0.4) is 0 Å². The van der Waals surface area contributed by atoms with Crippen LogP contribution in [-0.2, 0) is 12.0 Å². The molecule has 0 unspecified atom stereocenters. The van der Waals surface area contributed by atoms with Crippen LogP contribution in [0.5, 0.6) is 0 Å². The summed E-state index contributed by atoms with van der Waals surface area (Å²) in [5, 5.41) is 10.9. The minimum atomic E-state index is -1.02. The summed E-state index contributed by atoms with van der Waals surface area (Å²) in [4.78, 5) is 31.9. The van der Waals surface area contributed by atoms with E-state index in [0.717, 1.165) is 37.0 Å². The molecular formula is C28H32N4O3. The molecular weight excluding hydrogens is 440 g/mol. The van der Waals surface area contributed by atoms with Crippen molar-refractivity contribution in [2.75, 3.05) is 32.7 Å². The number of carbonyl (C=O) groups excluding carboxylic acids is 1. The van der Waals surface area contributed by atoms with E-state index in [2.05, 4.69) is 43.0 Å². The Morgan fingerprint density at radius 2 is 1.69 bits per heavy atom. The molecule has 0 atom stereocenters. The van der Waals surface area contributed by atoms with Gasteiger partial charge in [0.1, 0.15) is 0 Å². The molecule has 0 aliphatic carbocycles. The van der Waals surface area contributed by atoms with Crippen LogP contribution in [0.2, 0.25) is 0 Å². The summed E-state index contributed by atoms with van der Waals surface area (Å²) in [6, 6.07) is 18.0. The summed E-state index contributed by atoms with van der Waals surface area (Å²) in [7, 11) is 0. The zero-order valence-electron chi connectivity index (χ0n) is 20.4. The fraction of sp³-hybridized carbons (Fsp3) is 0.357. The quantitative estimate of drug-likeness (QED) is 0.566. The highest BCUT2D eigenvalue weighted by atomic mass is 16.4. The van der Waals surface area contributed by atoms with Gasteiger partial charge in [0, 0.05) is 56.3 Å². The first-order valence-corrected chi connectivity index (χ1v) is 12.2. The van der Waals surface area contributed by atoms with Crippen molar-refractivity contribution in [2.24, 2.45) is 0 Å². The number of benzene rings is 2. The first kappa shape index (κ1) is 23.2. The molecule has 0 radical (unpaired) electrons. The summed E-state index contributed by atoms with van der Waals surface area (Å²) in [6.45, 7) is 8.72. The van der Waals surface area contributed by atoms with E-state index in [0.29, 0.717) is 30.8 Å². The SMILES string of the molecule is CC1(C)CN(C(=O)N2CCCN(Cc3ccccc3)CC2)C=Cc2c1c1ccccc1n2C(=O)O. The van der Waals surface area contributed by atoms with E-state index in [4.69, 9.17) is 0 Å². The van der Waals surface area contributed by atoms with Gasteiger partial charge in [0.25, 0.3) is 0 Å². The predicted molar refractivity (Wildman–Crippen MR) is 137 cm³/mol. The van der Waals surface area contributed by atoms with Crippen molar-refractivity contribution in [1.82, 2.24) is 19.3 Å². The van der Waals surface area contributed by atoms with Gasteiger partial charge in [0.2, 0.25) is 0 Å². The predicted octanol–water partition coefficient (Wildman–Crippen LogP) is 5.06. The molecule has 2 amide bonds. The van der Waals surface area contributed by atoms with Gasteiger partial charge in [-0.25, -0.2) is 14.2 Å². The van der Waals surface area contributed by atoms with Gasteiger partial charge in [-0.2, -0.15) is 0 Å². The Labute approximate surface area is 205 Å². The Morgan fingerprint density at radius 1 is 0.943 bits per heavy atom. The van der Waals surface area contributed by atoms with E-state index >= 15 is 0 Å². The summed E-state index contributed by atoms with van der Waals surface area (Å²) in [5.74, 6) is 0. The number of para-hydroxylation sites is 1. The Kier molecular flexibility index (Phi) is 6.11. The molecule has 7 heteroatoms. The van der Waals surface area contributed by atoms with Crippen LogP contribution < -0.4 is 0 Å². The first-order valence-electron chi connectivity index (χ1n) is 12.2. The topological polar surface area (TPSA) is 69.0 Å². The highest BCUT2D eigenvalue weighted by Crippen LogP contribution is 2.39. The lowest BCUT2D eigenvalue weighted by Crippen LogP contribution is -2.46. The Morgan fingerprint density at radius 3 is 2.46 bits per heavy atom. The Hall–Kier alpha value is -3.58. The highest BCUT2D eigenvalue weighted by molar-refractivity contribution is 5.97. The van der Waals surface area contributed by atoms with Gasteiger partial charge in [0.05, 0.1) is 11.2 Å². The molecule has 2 aliphatic heterocycles. The molecule has 0 saturated carbocycles. The second kappa shape index (κ2) is 9.23. The van der Waals surface area contributed by atoms with E-state index in [1.165, 1.54) is 10.1 Å². The Balaban J connectivity index is 1.37. The van der Waals surface area contributed by atoms with Crippen LogP contribution in [0.25, 0.3) is 17.0 Å². The van der Waals surface area contributed by atoms with Crippen molar-refractivity contribution in [3.05, 3.63) is 77.6 Å². The second-order valence-corrected chi connectivity index (χ2v) is 10.1. The van der Waals surface area contributed by atoms with Crippen LogP contribution in [0.15, 0.2) is 60.8 Å². The van der Waals surface area contributed by atoms with Crippen molar-refractivity contribution in [1.29, 1.82) is 0 Å². The average Bonchev–Trinajstić information content (AvgIpc) is 2.92. The Bertz CT molecular complexity index is 1280. The molecule has 7 nitrogen and oxygen atoms in total. The smallest absolute Gasteiger partial charge is 0.416 e. The number of rotatable bonds is 2. The van der Waals surface area contributed by atoms with Gasteiger partial charge in [0.15, 0.2) is 0 Å². The number of amides is 2. The molecule has 0 bridgehead atoms. The molecule has 5 rings (SSSR count). The van der Waals surface area contributed by atoms with Crippen molar-refractivity contribution in [3.63, 3.8) is 0 Å². The minimum absolute atomic E-state index is 0.0211. The first-order chi connectivity index (χ1) is 16.8. The lowest BCUT2D eigenvalue weighted by Gasteiger charge is -2.33. The van der Waals surface area contributed by atoms with Gasteiger partial charge in [-0.3, -0.25) is 4.90 Å². The molecule has 2 aliphatic rings. The number of hydrogen-bond donors (Lipinski definition) is 1.